The molecule has 2 rings (SSSR count). The smallest absolute Gasteiger partial charge is 0.403 e. The van der Waals surface area contributed by atoms with E-state index in [0.717, 1.165) is 12.8 Å². The Hall–Kier alpha value is -2.08. The standard InChI is InChI=1S/C14H18N2O4/c1-2-3-9-18-10-11-19-14-13(16(17)20-15-14)12-7-5-4-6-8-12/h4-8H,2-3,9-11H2,1H3. The quantitative estimate of drug-likeness (QED) is 0.546. The Morgan fingerprint density at radius 3 is 2.75 bits per heavy atom. The van der Waals surface area contributed by atoms with Crippen molar-refractivity contribution in [2.75, 3.05) is 19.8 Å². The van der Waals surface area contributed by atoms with Crippen LogP contribution in [0.5, 0.6) is 5.88 Å². The molecule has 0 amide bonds. The number of aromatic nitrogens is 2. The fourth-order valence-corrected chi connectivity index (χ4v) is 1.70. The second kappa shape index (κ2) is 7.49. The van der Waals surface area contributed by atoms with Crippen LogP contribution in [-0.4, -0.2) is 25.0 Å². The molecule has 6 nitrogen and oxygen atoms in total. The summed E-state index contributed by atoms with van der Waals surface area (Å²) in [6.07, 6.45) is 2.12. The Kier molecular flexibility index (Phi) is 5.37. The molecule has 6 heteroatoms. The van der Waals surface area contributed by atoms with Crippen LogP contribution in [0.15, 0.2) is 35.0 Å². The third-order valence-corrected chi connectivity index (χ3v) is 2.74. The van der Waals surface area contributed by atoms with Gasteiger partial charge in [0, 0.05) is 12.2 Å². The van der Waals surface area contributed by atoms with E-state index < -0.39 is 0 Å². The largest absolute Gasteiger partial charge is 0.453 e. The van der Waals surface area contributed by atoms with Crippen LogP contribution in [0.2, 0.25) is 0 Å². The molecule has 1 heterocycles. The highest BCUT2D eigenvalue weighted by Gasteiger charge is 2.22. The summed E-state index contributed by atoms with van der Waals surface area (Å²) >= 11 is 0. The zero-order chi connectivity index (χ0) is 14.2. The topological polar surface area (TPSA) is 71.4 Å². The molecule has 2 aromatic rings. The minimum atomic E-state index is 0.185. The van der Waals surface area contributed by atoms with E-state index in [1.807, 2.05) is 18.2 Å². The highest BCUT2D eigenvalue weighted by atomic mass is 16.8. The fraction of sp³-hybridized carbons (Fsp3) is 0.429. The summed E-state index contributed by atoms with van der Waals surface area (Å²) < 4.78 is 15.4. The van der Waals surface area contributed by atoms with Gasteiger partial charge in [-0.15, -0.1) is 0 Å². The lowest BCUT2D eigenvalue weighted by molar-refractivity contribution is -0.793. The van der Waals surface area contributed by atoms with Gasteiger partial charge in [0.25, 0.3) is 5.69 Å². The monoisotopic (exact) mass is 278 g/mol. The van der Waals surface area contributed by atoms with Crippen molar-refractivity contribution in [3.8, 4) is 17.1 Å². The molecule has 1 aromatic carbocycles. The summed E-state index contributed by atoms with van der Waals surface area (Å²) in [7, 11) is 0. The Balaban J connectivity index is 1.93. The number of hydrogen-bond acceptors (Lipinski definition) is 5. The van der Waals surface area contributed by atoms with Gasteiger partial charge < -0.3 is 14.7 Å². The average Bonchev–Trinajstić information content (AvgIpc) is 2.84. The van der Waals surface area contributed by atoms with E-state index in [-0.39, 0.29) is 11.6 Å². The second-order valence-corrected chi connectivity index (χ2v) is 4.26. The third-order valence-electron chi connectivity index (χ3n) is 2.74. The lowest BCUT2D eigenvalue weighted by Gasteiger charge is -2.03. The van der Waals surface area contributed by atoms with Crippen molar-refractivity contribution in [1.82, 2.24) is 5.16 Å². The predicted molar refractivity (Wildman–Crippen MR) is 72.1 cm³/mol. The van der Waals surface area contributed by atoms with E-state index in [4.69, 9.17) is 9.47 Å². The first-order valence-electron chi connectivity index (χ1n) is 6.68. The number of nitrogens with zero attached hydrogens (tertiary/aromatic N) is 2. The average molecular weight is 278 g/mol. The van der Waals surface area contributed by atoms with E-state index in [1.165, 1.54) is 0 Å². The van der Waals surface area contributed by atoms with Gasteiger partial charge in [0.1, 0.15) is 6.61 Å². The van der Waals surface area contributed by atoms with Gasteiger partial charge in [-0.25, -0.2) is 0 Å². The van der Waals surface area contributed by atoms with E-state index in [0.29, 0.717) is 30.3 Å². The van der Waals surface area contributed by atoms with Crippen molar-refractivity contribution >= 4 is 0 Å². The first kappa shape index (κ1) is 14.3. The van der Waals surface area contributed by atoms with Gasteiger partial charge in [-0.2, -0.15) is 0 Å². The summed E-state index contributed by atoms with van der Waals surface area (Å²) in [5, 5.41) is 15.2. The molecule has 0 bridgehead atoms. The van der Waals surface area contributed by atoms with Crippen LogP contribution in [0.25, 0.3) is 11.3 Å². The molecule has 0 saturated heterocycles. The molecule has 0 aliphatic heterocycles. The van der Waals surface area contributed by atoms with Crippen LogP contribution >= 0.6 is 0 Å². The van der Waals surface area contributed by atoms with Gasteiger partial charge in [0.05, 0.1) is 11.8 Å². The van der Waals surface area contributed by atoms with Crippen LogP contribution in [-0.2, 0) is 4.74 Å². The summed E-state index contributed by atoms with van der Waals surface area (Å²) in [4.78, 5) is 0.350. The van der Waals surface area contributed by atoms with Crippen molar-refractivity contribution in [2.24, 2.45) is 0 Å². The molecule has 0 saturated carbocycles. The van der Waals surface area contributed by atoms with Gasteiger partial charge >= 0.3 is 5.88 Å². The maximum atomic E-state index is 11.6. The molecule has 0 radical (unpaired) electrons. The molecule has 1 aromatic heterocycles. The van der Waals surface area contributed by atoms with Gasteiger partial charge in [-0.05, 0) is 11.3 Å². The van der Waals surface area contributed by atoms with Crippen LogP contribution in [0.4, 0.5) is 0 Å². The molecule has 0 fully saturated rings. The molecular weight excluding hydrogens is 260 g/mol. The molecule has 0 aliphatic rings. The number of hydrogen-bond donors (Lipinski definition) is 0. The minimum Gasteiger partial charge on any atom is -0.453 e. The van der Waals surface area contributed by atoms with Crippen LogP contribution in [0.3, 0.4) is 0 Å². The Morgan fingerprint density at radius 1 is 1.20 bits per heavy atom. The Morgan fingerprint density at radius 2 is 2.00 bits per heavy atom. The molecular formula is C14H18N2O4. The lowest BCUT2D eigenvalue weighted by Crippen LogP contribution is -2.25. The maximum Gasteiger partial charge on any atom is 0.403 e. The zero-order valence-electron chi connectivity index (χ0n) is 11.4. The predicted octanol–water partition coefficient (Wildman–Crippen LogP) is 2.17. The number of unbranched alkanes of at least 4 members (excludes halogenated alkanes) is 1. The summed E-state index contributed by atoms with van der Waals surface area (Å²) in [6.45, 7) is 3.61. The Labute approximate surface area is 117 Å². The number of rotatable bonds is 8. The molecule has 20 heavy (non-hydrogen) atoms. The van der Waals surface area contributed by atoms with Gasteiger partial charge in [0.15, 0.2) is 0 Å². The zero-order valence-corrected chi connectivity index (χ0v) is 11.4. The van der Waals surface area contributed by atoms with Crippen molar-refractivity contribution < 1.29 is 19.0 Å². The Bertz CT molecular complexity index is 513. The van der Waals surface area contributed by atoms with Gasteiger partial charge in [0.2, 0.25) is 0 Å². The fourth-order valence-electron chi connectivity index (χ4n) is 1.70. The van der Waals surface area contributed by atoms with Crippen molar-refractivity contribution in [3.05, 3.63) is 35.5 Å². The van der Waals surface area contributed by atoms with Crippen LogP contribution in [0, 0.1) is 5.21 Å². The van der Waals surface area contributed by atoms with E-state index in [1.54, 1.807) is 12.1 Å². The molecule has 0 atom stereocenters. The maximum absolute atomic E-state index is 11.6. The number of benzene rings is 1. The van der Waals surface area contributed by atoms with Crippen LogP contribution in [0.1, 0.15) is 19.8 Å². The van der Waals surface area contributed by atoms with Gasteiger partial charge in [-0.3, -0.25) is 4.63 Å². The minimum absolute atomic E-state index is 0.185. The molecule has 0 spiro atoms. The van der Waals surface area contributed by atoms with E-state index >= 15 is 0 Å². The molecule has 108 valence electrons. The van der Waals surface area contributed by atoms with Crippen LogP contribution < -0.4 is 9.64 Å². The first-order valence-corrected chi connectivity index (χ1v) is 6.68. The molecule has 0 unspecified atom stereocenters. The summed E-state index contributed by atoms with van der Waals surface area (Å²) in [6, 6.07) is 9.13. The van der Waals surface area contributed by atoms with E-state index in [2.05, 4.69) is 16.7 Å². The number of ether oxygens (including phenoxy) is 2. The first-order chi connectivity index (χ1) is 9.83. The normalized spacial score (nSPS) is 10.7. The second-order valence-electron chi connectivity index (χ2n) is 4.26. The SMILES string of the molecule is CCCCOCCOc1no[n+]([O-])c1-c1ccccc1. The van der Waals surface area contributed by atoms with Crippen molar-refractivity contribution in [3.63, 3.8) is 0 Å². The molecule has 0 N–H and O–H groups in total. The highest BCUT2D eigenvalue weighted by molar-refractivity contribution is 5.60. The summed E-state index contributed by atoms with van der Waals surface area (Å²) in [5.74, 6) is 0.185. The third kappa shape index (κ3) is 3.71. The molecule has 0 aliphatic carbocycles. The van der Waals surface area contributed by atoms with E-state index in [9.17, 15) is 5.21 Å². The highest BCUT2D eigenvalue weighted by Crippen LogP contribution is 2.24. The lowest BCUT2D eigenvalue weighted by atomic mass is 10.2. The van der Waals surface area contributed by atoms with Gasteiger partial charge in [-0.1, -0.05) is 43.7 Å². The summed E-state index contributed by atoms with van der Waals surface area (Å²) in [5.41, 5.74) is 0.977. The van der Waals surface area contributed by atoms with Crippen molar-refractivity contribution in [2.45, 2.75) is 19.8 Å². The van der Waals surface area contributed by atoms with Crippen molar-refractivity contribution in [1.29, 1.82) is 0 Å².